The average molecular weight is 838 g/mol. The molecule has 0 spiro atoms. The highest BCUT2D eigenvalue weighted by molar-refractivity contribution is 7.96. The third kappa shape index (κ3) is 8.61. The van der Waals surface area contributed by atoms with Crippen LogP contribution in [0.5, 0.6) is 0 Å². The molecular formula is C46H38N4O10P+. The average Bonchev–Trinajstić information content (AvgIpc) is 3.30. The summed E-state index contributed by atoms with van der Waals surface area (Å²) >= 11 is 0. The van der Waals surface area contributed by atoms with Crippen LogP contribution in [0.25, 0.3) is 0 Å². The van der Waals surface area contributed by atoms with Gasteiger partial charge in [-0.05, 0) is 48.5 Å². The first-order valence-electron chi connectivity index (χ1n) is 19.1. The molecule has 7 rings (SSSR count). The van der Waals surface area contributed by atoms with Gasteiger partial charge in [-0.1, -0.05) is 109 Å². The molecule has 306 valence electrons. The van der Waals surface area contributed by atoms with Crippen LogP contribution in [-0.2, 0) is 32.3 Å². The zero-order chi connectivity index (χ0) is 42.9. The fraction of sp³-hybridized carbons (Fsp3) is 0.130. The molecule has 1 heterocycles. The van der Waals surface area contributed by atoms with Gasteiger partial charge in [-0.25, -0.2) is 9.59 Å². The summed E-state index contributed by atoms with van der Waals surface area (Å²) in [4.78, 5) is 81.5. The van der Waals surface area contributed by atoms with Crippen molar-refractivity contribution in [3.8, 4) is 0 Å². The molecule has 1 aliphatic rings. The molecule has 0 saturated carbocycles. The predicted molar refractivity (Wildman–Crippen MR) is 228 cm³/mol. The molecule has 61 heavy (non-hydrogen) atoms. The third-order valence-electron chi connectivity index (χ3n) is 10.5. The zero-order valence-corrected chi connectivity index (χ0v) is 33.3. The minimum Gasteiger partial charge on any atom is -0.456 e. The van der Waals surface area contributed by atoms with Crippen molar-refractivity contribution in [2.45, 2.75) is 37.5 Å². The van der Waals surface area contributed by atoms with Crippen LogP contribution >= 0.6 is 7.26 Å². The Bertz CT molecular complexity index is 2470. The van der Waals surface area contributed by atoms with E-state index in [1.807, 2.05) is 91.0 Å². The number of hydrogen-bond acceptors (Lipinski definition) is 10. The number of rotatable bonds is 16. The number of β-lactam (4-membered cyclic amide) rings is 1. The van der Waals surface area contributed by atoms with E-state index in [4.69, 9.17) is 9.47 Å². The van der Waals surface area contributed by atoms with Crippen LogP contribution in [0.4, 0.5) is 16.2 Å². The van der Waals surface area contributed by atoms with Crippen LogP contribution < -0.4 is 21.2 Å². The minimum absolute atomic E-state index is 0.115. The number of esters is 1. The second kappa shape index (κ2) is 18.6. The lowest BCUT2D eigenvalue weighted by Crippen LogP contribution is -2.75. The molecule has 0 bridgehead atoms. The lowest BCUT2D eigenvalue weighted by molar-refractivity contribution is -0.386. The Morgan fingerprint density at radius 2 is 1.02 bits per heavy atom. The molecule has 15 heteroatoms. The number of nitrogens with zero attached hydrogens (tertiary/aromatic N) is 3. The maximum Gasteiger partial charge on any atom is 0.408 e. The number of nitro benzene ring substituents is 2. The van der Waals surface area contributed by atoms with Gasteiger partial charge in [-0.15, -0.1) is 0 Å². The summed E-state index contributed by atoms with van der Waals surface area (Å²) in [7, 11) is -3.43. The number of nitro groups is 2. The van der Waals surface area contributed by atoms with E-state index in [0.29, 0.717) is 21.5 Å². The van der Waals surface area contributed by atoms with Crippen molar-refractivity contribution in [1.29, 1.82) is 0 Å². The summed E-state index contributed by atoms with van der Waals surface area (Å²) in [6.45, 7) is -1.01. The SMILES string of the molecule is O=C(NC1C(=O)N(C(C(=O)OCc2ccccc2[N+](=O)[O-])[P+](c2ccccc2)(c2ccccc2)c2ccccc2)C1CC(=O)c1ccccc1)OCc1ccccc1[N+](=O)[O-]. The fourth-order valence-electron chi connectivity index (χ4n) is 7.65. The van der Waals surface area contributed by atoms with E-state index in [1.54, 1.807) is 42.5 Å². The first-order valence-corrected chi connectivity index (χ1v) is 21.0. The molecule has 2 amide bonds. The van der Waals surface area contributed by atoms with Crippen molar-refractivity contribution in [3.63, 3.8) is 0 Å². The number of likely N-dealkylation sites (tertiary alicyclic amines) is 1. The van der Waals surface area contributed by atoms with Crippen LogP contribution in [-0.4, -0.2) is 56.4 Å². The summed E-state index contributed by atoms with van der Waals surface area (Å²) in [5.41, 5.74) is 0.0269. The highest BCUT2D eigenvalue weighted by atomic mass is 31.2. The van der Waals surface area contributed by atoms with Gasteiger partial charge in [0.1, 0.15) is 42.4 Å². The second-order valence-corrected chi connectivity index (χ2v) is 17.5. The molecule has 0 radical (unpaired) electrons. The number of benzene rings is 6. The zero-order valence-electron chi connectivity index (χ0n) is 32.4. The van der Waals surface area contributed by atoms with E-state index in [-0.39, 0.29) is 28.9 Å². The van der Waals surface area contributed by atoms with Crippen LogP contribution in [0.2, 0.25) is 0 Å². The molecule has 1 saturated heterocycles. The molecule has 1 aliphatic heterocycles. The number of para-hydroxylation sites is 2. The Kier molecular flexibility index (Phi) is 12.7. The maximum atomic E-state index is 15.3. The molecule has 6 aromatic carbocycles. The first kappa shape index (κ1) is 41.6. The molecule has 14 nitrogen and oxygen atoms in total. The van der Waals surface area contributed by atoms with E-state index in [0.717, 1.165) is 0 Å². The number of amides is 2. The molecule has 1 fully saturated rings. The molecule has 6 aromatic rings. The molecule has 1 N–H and O–H groups in total. The smallest absolute Gasteiger partial charge is 0.408 e. The van der Waals surface area contributed by atoms with Gasteiger partial charge in [0, 0.05) is 24.1 Å². The van der Waals surface area contributed by atoms with E-state index >= 15 is 4.79 Å². The van der Waals surface area contributed by atoms with Gasteiger partial charge < -0.3 is 14.8 Å². The van der Waals surface area contributed by atoms with Gasteiger partial charge in [-0.3, -0.25) is 34.7 Å². The normalized spacial score (nSPS) is 15.1. The number of alkyl carbamates (subject to hydrolysis) is 1. The van der Waals surface area contributed by atoms with Gasteiger partial charge in [0.05, 0.1) is 27.0 Å². The van der Waals surface area contributed by atoms with Crippen LogP contribution in [0.3, 0.4) is 0 Å². The summed E-state index contributed by atoms with van der Waals surface area (Å²) < 4.78 is 11.5. The van der Waals surface area contributed by atoms with E-state index in [9.17, 15) is 34.6 Å². The fourth-order valence-corrected chi connectivity index (χ4v) is 12.4. The van der Waals surface area contributed by atoms with Crippen LogP contribution in [0.15, 0.2) is 170 Å². The number of ketones is 1. The predicted octanol–water partition coefficient (Wildman–Crippen LogP) is 6.65. The Labute approximate surface area is 350 Å². The molecular weight excluding hydrogens is 799 g/mol. The number of carbonyl (C=O) groups excluding carboxylic acids is 4. The number of ether oxygens (including phenoxy) is 2. The summed E-state index contributed by atoms with van der Waals surface area (Å²) in [6, 6.07) is 44.9. The Hall–Kier alpha value is -7.57. The number of Topliss-reactive ketones (excluding diaryl/α,β-unsaturated/α-hetero) is 1. The Balaban J connectivity index is 1.36. The minimum atomic E-state index is -3.43. The van der Waals surface area contributed by atoms with Crippen molar-refractivity contribution in [2.75, 3.05) is 0 Å². The Morgan fingerprint density at radius 1 is 0.607 bits per heavy atom. The lowest BCUT2D eigenvalue weighted by atomic mass is 9.88. The van der Waals surface area contributed by atoms with Crippen molar-refractivity contribution in [2.24, 2.45) is 0 Å². The number of carbonyl (C=O) groups is 4. The van der Waals surface area contributed by atoms with Crippen molar-refractivity contribution >= 4 is 58.3 Å². The van der Waals surface area contributed by atoms with Crippen LogP contribution in [0.1, 0.15) is 27.9 Å². The third-order valence-corrected chi connectivity index (χ3v) is 15.0. The molecule has 0 aromatic heterocycles. The molecule has 3 atom stereocenters. The van der Waals surface area contributed by atoms with Gasteiger partial charge in [0.15, 0.2) is 5.78 Å². The summed E-state index contributed by atoms with van der Waals surface area (Å²) in [5.74, 6) is -3.50. The number of hydrogen-bond donors (Lipinski definition) is 1. The largest absolute Gasteiger partial charge is 0.456 e. The second-order valence-electron chi connectivity index (χ2n) is 14.0. The monoisotopic (exact) mass is 837 g/mol. The van der Waals surface area contributed by atoms with Crippen molar-refractivity contribution in [1.82, 2.24) is 10.2 Å². The van der Waals surface area contributed by atoms with E-state index in [1.165, 1.54) is 41.3 Å². The highest BCUT2D eigenvalue weighted by Gasteiger charge is 2.66. The van der Waals surface area contributed by atoms with Gasteiger partial charge >= 0.3 is 12.1 Å². The Morgan fingerprint density at radius 3 is 1.48 bits per heavy atom. The lowest BCUT2D eigenvalue weighted by Gasteiger charge is -2.51. The maximum absolute atomic E-state index is 15.3. The van der Waals surface area contributed by atoms with E-state index < -0.39 is 71.9 Å². The topological polar surface area (TPSA) is 188 Å². The number of nitrogens with one attached hydrogen (secondary N) is 1. The van der Waals surface area contributed by atoms with Gasteiger partial charge in [0.25, 0.3) is 23.1 Å². The van der Waals surface area contributed by atoms with Crippen LogP contribution in [0, 0.1) is 20.2 Å². The molecule has 3 unspecified atom stereocenters. The highest BCUT2D eigenvalue weighted by Crippen LogP contribution is 2.62. The van der Waals surface area contributed by atoms with Gasteiger partial charge in [-0.2, -0.15) is 0 Å². The van der Waals surface area contributed by atoms with Crippen molar-refractivity contribution < 1.29 is 38.5 Å². The standard InChI is InChI=1S/C46H37N4O10P/c51-41(32-17-5-1-6-18-32)29-40-42(47-46(54)60-31-34-20-14-16-28-39(34)50(57)58)43(52)48(40)44(45(53)59-30-33-19-13-15-27-38(33)49(55)56)61(35-21-7-2-8-22-35,36-23-9-3-10-24-36)37-25-11-4-12-26-37/h1-28,40,42,44H,29-31H2/p+1. The summed E-state index contributed by atoms with van der Waals surface area (Å²) in [6.07, 6.45) is -1.43. The van der Waals surface area contributed by atoms with Crippen molar-refractivity contribution in [3.05, 3.63) is 207 Å². The first-order chi connectivity index (χ1) is 29.6. The quantitative estimate of drug-likeness (QED) is 0.0276. The van der Waals surface area contributed by atoms with E-state index in [2.05, 4.69) is 5.32 Å². The summed E-state index contributed by atoms with van der Waals surface area (Å²) in [5, 5.41) is 28.2. The van der Waals surface area contributed by atoms with Gasteiger partial charge in [0.2, 0.25) is 0 Å². The molecule has 0 aliphatic carbocycles.